The highest BCUT2D eigenvalue weighted by molar-refractivity contribution is 7.89. The number of nitrogens with zero attached hydrogens (tertiary/aromatic N) is 2. The molecule has 0 saturated carbocycles. The molecule has 2 N–H and O–H groups in total. The molecule has 0 aliphatic rings. The number of hydrogen-bond acceptors (Lipinski definition) is 6. The van der Waals surface area contributed by atoms with Gasteiger partial charge in [-0.25, -0.2) is 13.1 Å². The second-order valence-electron chi connectivity index (χ2n) is 6.25. The van der Waals surface area contributed by atoms with Gasteiger partial charge in [0, 0.05) is 29.1 Å². The van der Waals surface area contributed by atoms with E-state index in [0.29, 0.717) is 28.0 Å². The first-order chi connectivity index (χ1) is 13.8. The van der Waals surface area contributed by atoms with Gasteiger partial charge in [0.2, 0.25) is 27.6 Å². The Hall–Kier alpha value is -2.75. The van der Waals surface area contributed by atoms with Gasteiger partial charge in [0.05, 0.1) is 4.90 Å². The lowest BCUT2D eigenvalue weighted by atomic mass is 10.2. The number of amides is 1. The van der Waals surface area contributed by atoms with E-state index >= 15 is 0 Å². The van der Waals surface area contributed by atoms with E-state index < -0.39 is 10.0 Å². The van der Waals surface area contributed by atoms with E-state index in [4.69, 9.17) is 16.1 Å². The summed E-state index contributed by atoms with van der Waals surface area (Å²) in [4.78, 5) is 16.6. The van der Waals surface area contributed by atoms with Crippen molar-refractivity contribution >= 4 is 33.2 Å². The average Bonchev–Trinajstić information content (AvgIpc) is 3.17. The second-order valence-corrected chi connectivity index (χ2v) is 8.55. The molecule has 0 saturated heterocycles. The number of anilines is 1. The van der Waals surface area contributed by atoms with E-state index in [9.17, 15) is 13.2 Å². The van der Waals surface area contributed by atoms with Crippen LogP contribution < -0.4 is 10.0 Å². The van der Waals surface area contributed by atoms with Gasteiger partial charge in [-0.1, -0.05) is 22.8 Å². The summed E-state index contributed by atoms with van der Waals surface area (Å²) in [6, 6.07) is 11.7. The molecule has 0 aliphatic heterocycles. The van der Waals surface area contributed by atoms with Gasteiger partial charge in [-0.15, -0.1) is 0 Å². The van der Waals surface area contributed by atoms with Crippen molar-refractivity contribution in [2.24, 2.45) is 0 Å². The number of benzene rings is 2. The molecule has 0 aliphatic carbocycles. The number of carbonyl (C=O) groups is 1. The summed E-state index contributed by atoms with van der Waals surface area (Å²) in [5.74, 6) is 0.442. The predicted octanol–water partition coefficient (Wildman–Crippen LogP) is 3.18. The molecular weight excluding hydrogens is 416 g/mol. The van der Waals surface area contributed by atoms with E-state index in [0.717, 1.165) is 5.56 Å². The summed E-state index contributed by atoms with van der Waals surface area (Å²) in [7, 11) is -2.28. The molecule has 3 rings (SSSR count). The number of aromatic nitrogens is 2. The Bertz CT molecular complexity index is 1130. The molecule has 2 aromatic carbocycles. The zero-order valence-corrected chi connectivity index (χ0v) is 17.3. The molecule has 0 bridgehead atoms. The molecule has 0 fully saturated rings. The Kier molecular flexibility index (Phi) is 6.31. The van der Waals surface area contributed by atoms with Crippen molar-refractivity contribution in [1.29, 1.82) is 0 Å². The smallest absolute Gasteiger partial charge is 0.240 e. The summed E-state index contributed by atoms with van der Waals surface area (Å²) in [6.07, 6.45) is 0.351. The molecule has 1 aromatic heterocycles. The van der Waals surface area contributed by atoms with Crippen molar-refractivity contribution in [1.82, 2.24) is 14.9 Å². The van der Waals surface area contributed by atoms with Crippen LogP contribution in [0.15, 0.2) is 51.9 Å². The summed E-state index contributed by atoms with van der Waals surface area (Å²) < 4.78 is 31.6. The molecule has 10 heteroatoms. The largest absolute Gasteiger partial charge is 0.339 e. The van der Waals surface area contributed by atoms with E-state index in [-0.39, 0.29) is 23.6 Å². The number of carbonyl (C=O) groups excluding carboxylic acids is 1. The van der Waals surface area contributed by atoms with E-state index in [1.165, 1.54) is 13.1 Å². The van der Waals surface area contributed by atoms with Gasteiger partial charge in [0.15, 0.2) is 0 Å². The fourth-order valence-corrected chi connectivity index (χ4v) is 3.71. The highest BCUT2D eigenvalue weighted by Crippen LogP contribution is 2.21. The Balaban J connectivity index is 1.62. The fourth-order valence-electron chi connectivity index (χ4n) is 2.59. The van der Waals surface area contributed by atoms with Crippen molar-refractivity contribution in [3.63, 3.8) is 0 Å². The van der Waals surface area contributed by atoms with Crippen LogP contribution in [0.25, 0.3) is 11.4 Å². The van der Waals surface area contributed by atoms with Crippen molar-refractivity contribution < 1.29 is 17.7 Å². The van der Waals surface area contributed by atoms with Crippen molar-refractivity contribution in [2.45, 2.75) is 24.7 Å². The maximum Gasteiger partial charge on any atom is 0.240 e. The Labute approximate surface area is 173 Å². The zero-order chi connectivity index (χ0) is 21.0. The highest BCUT2D eigenvalue weighted by atomic mass is 35.5. The van der Waals surface area contributed by atoms with Crippen LogP contribution in [0.3, 0.4) is 0 Å². The minimum atomic E-state index is -3.61. The lowest BCUT2D eigenvalue weighted by molar-refractivity contribution is -0.116. The number of sulfonamides is 1. The highest BCUT2D eigenvalue weighted by Gasteiger charge is 2.16. The monoisotopic (exact) mass is 434 g/mol. The normalized spacial score (nSPS) is 11.4. The van der Waals surface area contributed by atoms with Gasteiger partial charge in [-0.3, -0.25) is 4.79 Å². The third-order valence-electron chi connectivity index (χ3n) is 4.17. The average molecular weight is 435 g/mol. The molecule has 152 valence electrons. The van der Waals surface area contributed by atoms with Gasteiger partial charge in [-0.2, -0.15) is 4.98 Å². The molecule has 1 heterocycles. The first kappa shape index (κ1) is 21.0. The summed E-state index contributed by atoms with van der Waals surface area (Å²) in [6.45, 7) is 1.68. The molecule has 3 aromatic rings. The fraction of sp³-hybridized carbons (Fsp3) is 0.211. The van der Waals surface area contributed by atoms with Gasteiger partial charge in [0.25, 0.3) is 0 Å². The molecule has 8 nitrogen and oxygen atoms in total. The van der Waals surface area contributed by atoms with Gasteiger partial charge in [0.1, 0.15) is 0 Å². The molecule has 29 heavy (non-hydrogen) atoms. The zero-order valence-electron chi connectivity index (χ0n) is 15.8. The van der Waals surface area contributed by atoms with E-state index in [1.54, 1.807) is 43.3 Å². The van der Waals surface area contributed by atoms with Crippen LogP contribution in [0.4, 0.5) is 5.69 Å². The first-order valence-electron chi connectivity index (χ1n) is 8.71. The molecule has 0 unspecified atom stereocenters. The summed E-state index contributed by atoms with van der Waals surface area (Å²) in [5.41, 5.74) is 1.73. The van der Waals surface area contributed by atoms with Crippen LogP contribution in [0.1, 0.15) is 17.9 Å². The second kappa shape index (κ2) is 8.73. The standard InChI is InChI=1S/C19H19ClN4O4S/c1-12-3-8-15(11-16(12)29(26,27)21-2)22-17(25)9-10-18-23-19(24-28-18)13-4-6-14(20)7-5-13/h3-8,11,21H,9-10H2,1-2H3,(H,22,25). The van der Waals surface area contributed by atoms with Crippen LogP contribution in [0.5, 0.6) is 0 Å². The number of aryl methyl sites for hydroxylation is 2. The van der Waals surface area contributed by atoms with Gasteiger partial charge in [-0.05, 0) is 55.9 Å². The van der Waals surface area contributed by atoms with Crippen LogP contribution in [-0.4, -0.2) is 31.5 Å². The van der Waals surface area contributed by atoms with E-state index in [1.807, 2.05) is 0 Å². The lowest BCUT2D eigenvalue weighted by Crippen LogP contribution is -2.20. The third-order valence-corrected chi connectivity index (χ3v) is 5.97. The molecule has 0 radical (unpaired) electrons. The molecule has 1 amide bonds. The Morgan fingerprint density at radius 3 is 2.59 bits per heavy atom. The van der Waals surface area contributed by atoms with E-state index in [2.05, 4.69) is 20.2 Å². The SMILES string of the molecule is CNS(=O)(=O)c1cc(NC(=O)CCc2nc(-c3ccc(Cl)cc3)no2)ccc1C. The third kappa shape index (κ3) is 5.20. The number of halogens is 1. The van der Waals surface area contributed by atoms with Crippen molar-refractivity contribution in [3.05, 3.63) is 58.9 Å². The topological polar surface area (TPSA) is 114 Å². The minimum absolute atomic E-state index is 0.101. The molecular formula is C19H19ClN4O4S. The van der Waals surface area contributed by atoms with Crippen molar-refractivity contribution in [2.75, 3.05) is 12.4 Å². The maximum atomic E-state index is 12.2. The van der Waals surface area contributed by atoms with Gasteiger partial charge < -0.3 is 9.84 Å². The van der Waals surface area contributed by atoms with Crippen LogP contribution in [0, 0.1) is 6.92 Å². The van der Waals surface area contributed by atoms with Crippen molar-refractivity contribution in [3.8, 4) is 11.4 Å². The lowest BCUT2D eigenvalue weighted by Gasteiger charge is -2.10. The molecule has 0 spiro atoms. The summed E-state index contributed by atoms with van der Waals surface area (Å²) in [5, 5.41) is 7.19. The number of rotatable bonds is 7. The first-order valence-corrected chi connectivity index (χ1v) is 10.6. The van der Waals surface area contributed by atoms with Crippen LogP contribution >= 0.6 is 11.6 Å². The minimum Gasteiger partial charge on any atom is -0.339 e. The summed E-state index contributed by atoms with van der Waals surface area (Å²) >= 11 is 5.86. The Morgan fingerprint density at radius 2 is 1.90 bits per heavy atom. The number of nitrogens with one attached hydrogen (secondary N) is 2. The van der Waals surface area contributed by atoms with Gasteiger partial charge >= 0.3 is 0 Å². The van der Waals surface area contributed by atoms with Crippen LogP contribution in [0.2, 0.25) is 5.02 Å². The predicted molar refractivity (Wildman–Crippen MR) is 109 cm³/mol. The van der Waals surface area contributed by atoms with Crippen LogP contribution in [-0.2, 0) is 21.2 Å². The molecule has 0 atom stereocenters. The quantitative estimate of drug-likeness (QED) is 0.590. The number of hydrogen-bond donors (Lipinski definition) is 2. The maximum absolute atomic E-state index is 12.2. The Morgan fingerprint density at radius 1 is 1.17 bits per heavy atom.